The predicted molar refractivity (Wildman–Crippen MR) is 214 cm³/mol. The predicted octanol–water partition coefficient (Wildman–Crippen LogP) is 11.6. The van der Waals surface area contributed by atoms with Gasteiger partial charge >= 0.3 is 0 Å². The highest BCUT2D eigenvalue weighted by Gasteiger charge is 2.36. The highest BCUT2D eigenvalue weighted by atomic mass is 32.1. The van der Waals surface area contributed by atoms with Crippen molar-refractivity contribution in [2.24, 2.45) is 0 Å². The average Bonchev–Trinajstić information content (AvgIpc) is 3.82. The molecule has 0 fully saturated rings. The van der Waals surface area contributed by atoms with Crippen molar-refractivity contribution in [3.63, 3.8) is 0 Å². The maximum Gasteiger partial charge on any atom is 0.218 e. The van der Waals surface area contributed by atoms with Crippen LogP contribution in [0, 0.1) is 6.92 Å². The zero-order valence-electron chi connectivity index (χ0n) is 28.5. The van der Waals surface area contributed by atoms with Gasteiger partial charge in [0.05, 0.1) is 28.0 Å². The Labute approximate surface area is 299 Å². The van der Waals surface area contributed by atoms with Crippen LogP contribution >= 0.6 is 11.3 Å². The lowest BCUT2D eigenvalue weighted by Gasteiger charge is -2.27. The van der Waals surface area contributed by atoms with E-state index in [1.807, 2.05) is 11.3 Å². The summed E-state index contributed by atoms with van der Waals surface area (Å²) in [7, 11) is 0. The molecular weight excluding hydrogens is 639 g/mol. The Kier molecular flexibility index (Phi) is 6.15. The van der Waals surface area contributed by atoms with Gasteiger partial charge in [-0.2, -0.15) is 9.13 Å². The van der Waals surface area contributed by atoms with E-state index in [2.05, 4.69) is 179 Å². The smallest absolute Gasteiger partial charge is 0.218 e. The van der Waals surface area contributed by atoms with Crippen molar-refractivity contribution in [3.05, 3.63) is 157 Å². The average molecular weight is 674 g/mol. The summed E-state index contributed by atoms with van der Waals surface area (Å²) in [6, 6.07) is 47.6. The van der Waals surface area contributed by atoms with Gasteiger partial charge in [0.1, 0.15) is 0 Å². The van der Waals surface area contributed by atoms with E-state index in [-0.39, 0.29) is 0 Å². The van der Waals surface area contributed by atoms with Crippen molar-refractivity contribution < 1.29 is 9.13 Å². The van der Waals surface area contributed by atoms with Gasteiger partial charge in [0, 0.05) is 71.5 Å². The molecule has 51 heavy (non-hydrogen) atoms. The minimum absolute atomic E-state index is 0.365. The van der Waals surface area contributed by atoms with Crippen LogP contribution in [0.2, 0.25) is 0 Å². The van der Waals surface area contributed by atoms with Crippen LogP contribution in [0.25, 0.3) is 87.0 Å². The van der Waals surface area contributed by atoms with Crippen molar-refractivity contribution in [2.45, 2.75) is 32.2 Å². The third-order valence-corrected chi connectivity index (χ3v) is 12.6. The summed E-state index contributed by atoms with van der Waals surface area (Å²) in [5, 5.41) is 8.09. The molecular formula is C47H35N3S+2. The summed E-state index contributed by atoms with van der Waals surface area (Å²) in [6.07, 6.45) is 10.0. The lowest BCUT2D eigenvalue weighted by molar-refractivity contribution is -0.714. The molecule has 0 N–H and O–H groups in total. The highest BCUT2D eigenvalue weighted by Crippen LogP contribution is 2.48. The van der Waals surface area contributed by atoms with Crippen LogP contribution in [0.5, 0.6) is 0 Å². The molecule has 2 atom stereocenters. The molecule has 2 unspecified atom stereocenters. The van der Waals surface area contributed by atoms with Gasteiger partial charge < -0.3 is 4.40 Å². The Hall–Kier alpha value is -5.84. The first-order chi connectivity index (χ1) is 25.2. The summed E-state index contributed by atoms with van der Waals surface area (Å²) in [5.74, 6) is 0.391. The second-order valence-corrected chi connectivity index (χ2v) is 15.3. The fourth-order valence-electron chi connectivity index (χ4n) is 9.20. The topological polar surface area (TPSA) is 12.2 Å². The number of nitrogens with zero attached hydrogens (tertiary/aromatic N) is 3. The van der Waals surface area contributed by atoms with Crippen molar-refractivity contribution in [1.82, 2.24) is 4.40 Å². The number of aromatic nitrogens is 3. The molecule has 0 saturated heterocycles. The normalized spacial score (nSPS) is 16.0. The van der Waals surface area contributed by atoms with Crippen LogP contribution in [0.15, 0.2) is 146 Å². The molecule has 0 radical (unpaired) electrons. The van der Waals surface area contributed by atoms with Crippen LogP contribution in [0.3, 0.4) is 0 Å². The van der Waals surface area contributed by atoms with Gasteiger partial charge in [-0.3, -0.25) is 0 Å². The molecule has 0 aliphatic carbocycles. The first-order valence-corrected chi connectivity index (χ1v) is 18.8. The molecule has 5 aromatic heterocycles. The number of fused-ring (bicyclic) bond motifs is 13. The first-order valence-electron chi connectivity index (χ1n) is 17.9. The third-order valence-electron chi connectivity index (χ3n) is 11.5. The second-order valence-electron chi connectivity index (χ2n) is 14.2. The summed E-state index contributed by atoms with van der Waals surface area (Å²) in [5.41, 5.74) is 11.7. The number of pyridine rings is 2. The van der Waals surface area contributed by atoms with E-state index in [4.69, 9.17) is 0 Å². The largest absolute Gasteiger partial charge is 0.308 e. The van der Waals surface area contributed by atoms with E-state index in [9.17, 15) is 0 Å². The number of benzene rings is 5. The molecule has 0 spiro atoms. The van der Waals surface area contributed by atoms with E-state index in [1.165, 1.54) is 91.9 Å². The van der Waals surface area contributed by atoms with Crippen LogP contribution in [-0.4, -0.2) is 4.40 Å². The Bertz CT molecular complexity index is 3050. The summed E-state index contributed by atoms with van der Waals surface area (Å²) < 4.78 is 9.98. The highest BCUT2D eigenvalue weighted by molar-refractivity contribution is 7.26. The number of hydrogen-bond acceptors (Lipinski definition) is 1. The molecule has 5 aromatic carbocycles. The van der Waals surface area contributed by atoms with Crippen molar-refractivity contribution in [3.8, 4) is 22.5 Å². The SMILES string of the molecule is Cc1cc2c(cc1-c1cccc[n+]1/C=C/CC1c3ccccc3-c3cccc[n+]3C1C)c1cc3sc4ccccc4c3c3c4ccccc4n2c13. The lowest BCUT2D eigenvalue weighted by atomic mass is 9.82. The van der Waals surface area contributed by atoms with E-state index >= 15 is 0 Å². The maximum atomic E-state index is 2.52. The molecule has 242 valence electrons. The molecule has 11 rings (SSSR count). The number of para-hydroxylation sites is 1. The van der Waals surface area contributed by atoms with E-state index in [1.54, 1.807) is 0 Å². The molecule has 0 bridgehead atoms. The van der Waals surface area contributed by atoms with Crippen molar-refractivity contribution in [2.75, 3.05) is 0 Å². The van der Waals surface area contributed by atoms with E-state index < -0.39 is 0 Å². The number of rotatable bonds is 4. The van der Waals surface area contributed by atoms with Gasteiger partial charge in [-0.05, 0) is 86.0 Å². The Morgan fingerprint density at radius 1 is 0.647 bits per heavy atom. The lowest BCUT2D eigenvalue weighted by Crippen LogP contribution is -2.45. The zero-order valence-corrected chi connectivity index (χ0v) is 29.4. The van der Waals surface area contributed by atoms with Gasteiger partial charge in [-0.25, -0.2) is 0 Å². The molecule has 6 heterocycles. The Morgan fingerprint density at radius 2 is 1.41 bits per heavy atom. The monoisotopic (exact) mass is 673 g/mol. The fourth-order valence-corrected chi connectivity index (χ4v) is 10.4. The van der Waals surface area contributed by atoms with Crippen LogP contribution in [0.1, 0.15) is 36.4 Å². The maximum absolute atomic E-state index is 2.52. The second kappa shape index (κ2) is 10.8. The molecule has 4 heteroatoms. The van der Waals surface area contributed by atoms with Crippen LogP contribution < -0.4 is 9.13 Å². The van der Waals surface area contributed by atoms with Crippen LogP contribution in [0.4, 0.5) is 0 Å². The van der Waals surface area contributed by atoms with Gasteiger partial charge in [-0.1, -0.05) is 54.6 Å². The minimum Gasteiger partial charge on any atom is -0.308 e. The first kappa shape index (κ1) is 28.9. The minimum atomic E-state index is 0.365. The molecule has 1 aliphatic rings. The van der Waals surface area contributed by atoms with Gasteiger partial charge in [0.15, 0.2) is 24.6 Å². The quantitative estimate of drug-likeness (QED) is 0.165. The molecule has 10 aromatic rings. The standard InChI is InChI=1S/C47H35N3S/c1-29-26-42-37(38-28-44-45(35-17-6-8-22-43(35)51-44)46-34-16-5-7-21-41(34)50(42)47(38)46)27-36(29)39-19-9-11-23-48(39)24-13-18-31-30(2)49-25-12-10-20-40(49)33-15-4-3-14-32(31)33/h3-17,19-28,30-31H,18H2,1-2H3/q+2/b24-13+. The van der Waals surface area contributed by atoms with Crippen molar-refractivity contribution >= 4 is 75.8 Å². The van der Waals surface area contributed by atoms with E-state index in [0.717, 1.165) is 6.42 Å². The van der Waals surface area contributed by atoms with Crippen molar-refractivity contribution in [1.29, 1.82) is 0 Å². The number of thiophene rings is 1. The Morgan fingerprint density at radius 3 is 2.33 bits per heavy atom. The van der Waals surface area contributed by atoms with E-state index in [0.29, 0.717) is 12.0 Å². The van der Waals surface area contributed by atoms with Crippen LogP contribution in [-0.2, 0) is 0 Å². The molecule has 1 aliphatic heterocycles. The molecule has 0 amide bonds. The van der Waals surface area contributed by atoms with Gasteiger partial charge in [-0.15, -0.1) is 11.3 Å². The summed E-state index contributed by atoms with van der Waals surface area (Å²) in [4.78, 5) is 0. The zero-order chi connectivity index (χ0) is 33.8. The fraction of sp³-hybridized carbons (Fsp3) is 0.106. The number of hydrogen-bond donors (Lipinski definition) is 0. The number of aryl methyl sites for hydroxylation is 1. The summed E-state index contributed by atoms with van der Waals surface area (Å²) in [6.45, 7) is 4.63. The number of allylic oxidation sites excluding steroid dienone is 1. The molecule has 0 saturated carbocycles. The third kappa shape index (κ3) is 4.05. The van der Waals surface area contributed by atoms with Gasteiger partial charge in [0.25, 0.3) is 0 Å². The Balaban J connectivity index is 1.06. The molecule has 3 nitrogen and oxygen atoms in total. The summed E-state index contributed by atoms with van der Waals surface area (Å²) >= 11 is 1.91. The van der Waals surface area contributed by atoms with Gasteiger partial charge in [0.2, 0.25) is 11.4 Å².